The van der Waals surface area contributed by atoms with E-state index in [-0.39, 0.29) is 5.75 Å². The van der Waals surface area contributed by atoms with Crippen LogP contribution in [0.25, 0.3) is 10.9 Å². The van der Waals surface area contributed by atoms with Crippen molar-refractivity contribution in [3.63, 3.8) is 0 Å². The molecule has 2 aromatic carbocycles. The molecule has 0 amide bonds. The Hall–Kier alpha value is -2.53. The Morgan fingerprint density at radius 3 is 2.59 bits per heavy atom. The molecule has 0 saturated carbocycles. The number of phenolic OH excluding ortho intramolecular Hbond substituents is 1. The lowest BCUT2D eigenvalue weighted by atomic mass is 9.96. The molecule has 146 valence electrons. The number of rotatable bonds is 4. The summed E-state index contributed by atoms with van der Waals surface area (Å²) in [6.45, 7) is 1.90. The van der Waals surface area contributed by atoms with Crippen LogP contribution in [-0.4, -0.2) is 15.1 Å². The van der Waals surface area contributed by atoms with Gasteiger partial charge in [0.1, 0.15) is 17.1 Å². The molecule has 1 unspecified atom stereocenters. The number of fused-ring (bicyclic) bond motifs is 1. The number of anilines is 1. The van der Waals surface area contributed by atoms with Crippen LogP contribution in [0, 0.1) is 6.92 Å². The molecule has 0 bridgehead atoms. The first-order valence-corrected chi connectivity index (χ1v) is 9.98. The fourth-order valence-corrected chi connectivity index (χ4v) is 3.90. The molecule has 1 atom stereocenters. The molecule has 0 saturated heterocycles. The van der Waals surface area contributed by atoms with E-state index in [9.17, 15) is 5.11 Å². The summed E-state index contributed by atoms with van der Waals surface area (Å²) in [5, 5.41) is 16.6. The molecule has 2 heterocycles. The summed E-state index contributed by atoms with van der Waals surface area (Å²) in [6, 6.07) is 14.2. The highest BCUT2D eigenvalue weighted by Crippen LogP contribution is 2.40. The van der Waals surface area contributed by atoms with Crippen molar-refractivity contribution in [3.8, 4) is 5.75 Å². The number of aryl methyl sites for hydroxylation is 1. The third-order valence-corrected chi connectivity index (χ3v) is 5.75. The Morgan fingerprint density at radius 1 is 0.966 bits per heavy atom. The molecule has 0 aliphatic carbocycles. The fourth-order valence-electron chi connectivity index (χ4n) is 3.27. The quantitative estimate of drug-likeness (QED) is 0.363. The number of hydrogen-bond acceptors (Lipinski definition) is 4. The van der Waals surface area contributed by atoms with Gasteiger partial charge >= 0.3 is 0 Å². The van der Waals surface area contributed by atoms with Crippen molar-refractivity contribution in [2.75, 3.05) is 5.32 Å². The summed E-state index contributed by atoms with van der Waals surface area (Å²) < 4.78 is 0. The summed E-state index contributed by atoms with van der Waals surface area (Å²) in [4.78, 5) is 8.72. The maximum Gasteiger partial charge on any atom is 0.147 e. The molecular formula is C22H16Cl3N3O. The second kappa shape index (κ2) is 8.07. The first-order valence-electron chi connectivity index (χ1n) is 8.85. The van der Waals surface area contributed by atoms with E-state index >= 15 is 0 Å². The highest BCUT2D eigenvalue weighted by Gasteiger charge is 2.24. The second-order valence-corrected chi connectivity index (χ2v) is 7.84. The van der Waals surface area contributed by atoms with Crippen LogP contribution in [0.3, 0.4) is 0 Å². The number of aromatic nitrogens is 2. The van der Waals surface area contributed by atoms with Gasteiger partial charge in [0.2, 0.25) is 0 Å². The number of phenols is 1. The van der Waals surface area contributed by atoms with Gasteiger partial charge in [-0.3, -0.25) is 4.98 Å². The number of nitrogens with one attached hydrogen (secondary N) is 1. The van der Waals surface area contributed by atoms with Gasteiger partial charge in [0.05, 0.1) is 21.1 Å². The lowest BCUT2D eigenvalue weighted by Gasteiger charge is -2.24. The van der Waals surface area contributed by atoms with Gasteiger partial charge in [-0.05, 0) is 36.2 Å². The zero-order valence-corrected chi connectivity index (χ0v) is 17.6. The largest absolute Gasteiger partial charge is 0.505 e. The van der Waals surface area contributed by atoms with Crippen molar-refractivity contribution >= 4 is 51.5 Å². The van der Waals surface area contributed by atoms with E-state index in [0.29, 0.717) is 37.5 Å². The predicted molar refractivity (Wildman–Crippen MR) is 119 cm³/mol. The molecule has 0 spiro atoms. The number of hydrogen-bond donors (Lipinski definition) is 2. The molecule has 0 fully saturated rings. The molecule has 4 rings (SSSR count). The van der Waals surface area contributed by atoms with E-state index in [2.05, 4.69) is 15.3 Å². The van der Waals surface area contributed by atoms with Crippen LogP contribution in [-0.2, 0) is 0 Å². The zero-order chi connectivity index (χ0) is 20.5. The van der Waals surface area contributed by atoms with Crippen molar-refractivity contribution in [1.29, 1.82) is 0 Å². The summed E-state index contributed by atoms with van der Waals surface area (Å²) in [5.74, 6) is 0.694. The van der Waals surface area contributed by atoms with Crippen molar-refractivity contribution in [1.82, 2.24) is 9.97 Å². The van der Waals surface area contributed by atoms with Crippen LogP contribution in [0.2, 0.25) is 15.1 Å². The highest BCUT2D eigenvalue weighted by atomic mass is 35.5. The Bertz CT molecular complexity index is 1210. The SMILES string of the molecule is Cc1cc(Cl)cnc1NC(c1cccc(Cl)c1Cl)c1ccc2cccnc2c1O. The van der Waals surface area contributed by atoms with Gasteiger partial charge < -0.3 is 10.4 Å². The first kappa shape index (κ1) is 19.8. The third kappa shape index (κ3) is 3.84. The predicted octanol–water partition coefficient (Wildman–Crippen LogP) is 6.81. The highest BCUT2D eigenvalue weighted by molar-refractivity contribution is 6.42. The summed E-state index contributed by atoms with van der Waals surface area (Å²) in [6.07, 6.45) is 3.21. The third-order valence-electron chi connectivity index (χ3n) is 4.71. The van der Waals surface area contributed by atoms with E-state index in [1.54, 1.807) is 18.5 Å². The van der Waals surface area contributed by atoms with Crippen LogP contribution >= 0.6 is 34.8 Å². The van der Waals surface area contributed by atoms with Gasteiger partial charge in [-0.25, -0.2) is 4.98 Å². The first-order chi connectivity index (χ1) is 14.0. The summed E-state index contributed by atoms with van der Waals surface area (Å²) in [7, 11) is 0. The number of benzene rings is 2. The second-order valence-electron chi connectivity index (χ2n) is 6.62. The molecule has 0 aliphatic rings. The fraction of sp³-hybridized carbons (Fsp3) is 0.0909. The van der Waals surface area contributed by atoms with Gasteiger partial charge in [0.25, 0.3) is 0 Å². The van der Waals surface area contributed by atoms with E-state index in [1.165, 1.54) is 0 Å². The Morgan fingerprint density at radius 2 is 1.79 bits per heavy atom. The van der Waals surface area contributed by atoms with Crippen molar-refractivity contribution in [2.45, 2.75) is 13.0 Å². The van der Waals surface area contributed by atoms with Gasteiger partial charge in [-0.2, -0.15) is 0 Å². The van der Waals surface area contributed by atoms with Crippen LogP contribution in [0.5, 0.6) is 5.75 Å². The summed E-state index contributed by atoms with van der Waals surface area (Å²) in [5.41, 5.74) is 2.69. The van der Waals surface area contributed by atoms with E-state index in [1.807, 2.05) is 49.4 Å². The number of pyridine rings is 2. The monoisotopic (exact) mass is 443 g/mol. The van der Waals surface area contributed by atoms with Gasteiger partial charge in [0, 0.05) is 23.3 Å². The van der Waals surface area contributed by atoms with E-state index < -0.39 is 6.04 Å². The van der Waals surface area contributed by atoms with Gasteiger partial charge in [-0.15, -0.1) is 0 Å². The van der Waals surface area contributed by atoms with Crippen LogP contribution in [0.1, 0.15) is 22.7 Å². The molecule has 0 aliphatic heterocycles. The van der Waals surface area contributed by atoms with Crippen molar-refractivity contribution < 1.29 is 5.11 Å². The average Bonchev–Trinajstić information content (AvgIpc) is 2.71. The zero-order valence-electron chi connectivity index (χ0n) is 15.3. The standard InChI is InChI=1S/C22H16Cl3N3O/c1-12-10-14(23)11-27-22(12)28-20(15-5-2-6-17(24)18(15)25)16-8-7-13-4-3-9-26-19(13)21(16)29/h2-11,20,29H,1H3,(H,27,28). The Kier molecular flexibility index (Phi) is 5.50. The molecule has 7 heteroatoms. The molecule has 4 nitrogen and oxygen atoms in total. The van der Waals surface area contributed by atoms with Crippen LogP contribution < -0.4 is 5.32 Å². The molecule has 0 radical (unpaired) electrons. The number of nitrogens with zero attached hydrogens (tertiary/aromatic N) is 2. The minimum Gasteiger partial charge on any atom is -0.505 e. The van der Waals surface area contributed by atoms with Crippen molar-refractivity contribution in [3.05, 3.63) is 92.7 Å². The van der Waals surface area contributed by atoms with Crippen molar-refractivity contribution in [2.24, 2.45) is 0 Å². The normalized spacial score (nSPS) is 12.1. The van der Waals surface area contributed by atoms with Crippen LogP contribution in [0.15, 0.2) is 60.9 Å². The average molecular weight is 445 g/mol. The summed E-state index contributed by atoms with van der Waals surface area (Å²) >= 11 is 18.8. The van der Waals surface area contributed by atoms with Crippen LogP contribution in [0.4, 0.5) is 5.82 Å². The van der Waals surface area contributed by atoms with E-state index in [4.69, 9.17) is 34.8 Å². The van der Waals surface area contributed by atoms with E-state index in [0.717, 1.165) is 10.9 Å². The Balaban J connectivity index is 1.91. The lowest BCUT2D eigenvalue weighted by molar-refractivity contribution is 0.471. The molecule has 2 N–H and O–H groups in total. The minimum atomic E-state index is -0.514. The smallest absolute Gasteiger partial charge is 0.147 e. The minimum absolute atomic E-state index is 0.0725. The molecule has 4 aromatic rings. The van der Waals surface area contributed by atoms with Gasteiger partial charge in [-0.1, -0.05) is 65.1 Å². The number of halogens is 3. The molecule has 2 aromatic heterocycles. The van der Waals surface area contributed by atoms with Gasteiger partial charge in [0.15, 0.2) is 0 Å². The molecular weight excluding hydrogens is 429 g/mol. The molecule has 29 heavy (non-hydrogen) atoms. The Labute approximate surface area is 183 Å². The topological polar surface area (TPSA) is 58.0 Å². The number of aromatic hydroxyl groups is 1. The maximum atomic E-state index is 11.0. The maximum absolute atomic E-state index is 11.0. The lowest BCUT2D eigenvalue weighted by Crippen LogP contribution is -2.15.